The molecule has 1 aliphatic heterocycles. The first-order chi connectivity index (χ1) is 12.9. The highest BCUT2D eigenvalue weighted by Crippen LogP contribution is 2.34. The molecule has 3 rings (SSSR count). The van der Waals surface area contributed by atoms with Crippen molar-refractivity contribution in [1.29, 1.82) is 0 Å². The molecule has 0 saturated carbocycles. The Hall–Kier alpha value is -2.77. The molecule has 1 fully saturated rings. The van der Waals surface area contributed by atoms with Crippen molar-refractivity contribution in [2.24, 2.45) is 0 Å². The standard InChI is InChI=1S/C19H14ClNO5S/c1-26-16-8-11(2-7-14(16)22)9-17-18(24)21(19(25)27-17)10-15(23)12-3-5-13(20)6-4-12/h2-9,22H,10H2,1H3. The predicted octanol–water partition coefficient (Wildman–Crippen LogP) is 3.97. The van der Waals surface area contributed by atoms with Crippen LogP contribution in [0.15, 0.2) is 47.4 Å². The largest absolute Gasteiger partial charge is 0.504 e. The van der Waals surface area contributed by atoms with Crippen LogP contribution in [0.25, 0.3) is 6.08 Å². The normalized spacial score (nSPS) is 15.5. The van der Waals surface area contributed by atoms with E-state index in [1.54, 1.807) is 36.4 Å². The fraction of sp³-hybridized carbons (Fsp3) is 0.105. The second-order valence-electron chi connectivity index (χ2n) is 5.63. The molecular weight excluding hydrogens is 390 g/mol. The molecule has 0 bridgehead atoms. The highest BCUT2D eigenvalue weighted by molar-refractivity contribution is 8.18. The molecule has 0 aliphatic carbocycles. The summed E-state index contributed by atoms with van der Waals surface area (Å²) in [6.07, 6.45) is 1.51. The maximum absolute atomic E-state index is 12.5. The number of carbonyl (C=O) groups excluding carboxylic acids is 3. The molecule has 1 aliphatic rings. The number of phenols is 1. The van der Waals surface area contributed by atoms with Crippen LogP contribution in [0.1, 0.15) is 15.9 Å². The van der Waals surface area contributed by atoms with Crippen LogP contribution < -0.4 is 4.74 Å². The SMILES string of the molecule is COc1cc(C=C2SC(=O)N(CC(=O)c3ccc(Cl)cc3)C2=O)ccc1O. The number of carbonyl (C=O) groups is 3. The number of hydrogen-bond acceptors (Lipinski definition) is 6. The molecule has 1 N–H and O–H groups in total. The highest BCUT2D eigenvalue weighted by atomic mass is 35.5. The predicted molar refractivity (Wildman–Crippen MR) is 103 cm³/mol. The Morgan fingerprint density at radius 1 is 1.22 bits per heavy atom. The van der Waals surface area contributed by atoms with E-state index in [4.69, 9.17) is 16.3 Å². The Balaban J connectivity index is 1.78. The lowest BCUT2D eigenvalue weighted by Crippen LogP contribution is -2.33. The van der Waals surface area contributed by atoms with Crippen LogP contribution in [-0.4, -0.2) is 40.6 Å². The molecule has 0 aromatic heterocycles. The van der Waals surface area contributed by atoms with Gasteiger partial charge < -0.3 is 9.84 Å². The van der Waals surface area contributed by atoms with Gasteiger partial charge in [-0.25, -0.2) is 0 Å². The third kappa shape index (κ3) is 4.15. The van der Waals surface area contributed by atoms with Gasteiger partial charge >= 0.3 is 0 Å². The number of ketones is 1. The van der Waals surface area contributed by atoms with Crippen LogP contribution in [0, 0.1) is 0 Å². The van der Waals surface area contributed by atoms with Gasteiger partial charge in [0.15, 0.2) is 17.3 Å². The zero-order valence-corrected chi connectivity index (χ0v) is 15.7. The van der Waals surface area contributed by atoms with E-state index in [1.807, 2.05) is 0 Å². The molecule has 8 heteroatoms. The van der Waals surface area contributed by atoms with Crippen molar-refractivity contribution in [3.8, 4) is 11.5 Å². The number of Topliss-reactive ketones (excluding diaryl/α,β-unsaturated/α-hetero) is 1. The maximum Gasteiger partial charge on any atom is 0.293 e. The summed E-state index contributed by atoms with van der Waals surface area (Å²) in [5, 5.41) is 9.61. The minimum absolute atomic E-state index is 0.0312. The number of amides is 2. The molecular formula is C19H14ClNO5S. The van der Waals surface area contributed by atoms with Crippen molar-refractivity contribution in [2.75, 3.05) is 13.7 Å². The van der Waals surface area contributed by atoms with E-state index in [0.717, 1.165) is 16.7 Å². The maximum atomic E-state index is 12.5. The molecule has 1 heterocycles. The topological polar surface area (TPSA) is 83.9 Å². The molecule has 27 heavy (non-hydrogen) atoms. The zero-order valence-electron chi connectivity index (χ0n) is 14.1. The molecule has 138 valence electrons. The number of phenolic OH excluding ortho intramolecular Hbond substituents is 1. The van der Waals surface area contributed by atoms with Crippen molar-refractivity contribution in [1.82, 2.24) is 4.90 Å². The van der Waals surface area contributed by atoms with Gasteiger partial charge in [-0.3, -0.25) is 19.3 Å². The van der Waals surface area contributed by atoms with Gasteiger partial charge in [0.05, 0.1) is 18.6 Å². The average Bonchev–Trinajstić information content (AvgIpc) is 2.91. The lowest BCUT2D eigenvalue weighted by molar-refractivity contribution is -0.122. The van der Waals surface area contributed by atoms with Gasteiger partial charge in [-0.1, -0.05) is 17.7 Å². The Kier molecular flexibility index (Phi) is 5.53. The van der Waals surface area contributed by atoms with Crippen LogP contribution in [0.5, 0.6) is 11.5 Å². The molecule has 2 amide bonds. The monoisotopic (exact) mass is 403 g/mol. The van der Waals surface area contributed by atoms with Crippen molar-refractivity contribution in [2.45, 2.75) is 0 Å². The number of methoxy groups -OCH3 is 1. The number of ether oxygens (including phenoxy) is 1. The number of thioether (sulfide) groups is 1. The van der Waals surface area contributed by atoms with Crippen molar-refractivity contribution < 1.29 is 24.2 Å². The number of nitrogens with zero attached hydrogens (tertiary/aromatic N) is 1. The van der Waals surface area contributed by atoms with Crippen LogP contribution in [0.2, 0.25) is 5.02 Å². The Morgan fingerprint density at radius 3 is 2.59 bits per heavy atom. The first-order valence-corrected chi connectivity index (χ1v) is 8.99. The van der Waals surface area contributed by atoms with Gasteiger partial charge in [0.2, 0.25) is 0 Å². The summed E-state index contributed by atoms with van der Waals surface area (Å²) in [5.41, 5.74) is 0.949. The molecule has 6 nitrogen and oxygen atoms in total. The number of rotatable bonds is 5. The van der Waals surface area contributed by atoms with Gasteiger partial charge in [-0.15, -0.1) is 0 Å². The number of imide groups is 1. The molecule has 0 radical (unpaired) electrons. The van der Waals surface area contributed by atoms with E-state index in [-0.39, 0.29) is 28.7 Å². The zero-order chi connectivity index (χ0) is 19.6. The summed E-state index contributed by atoms with van der Waals surface area (Å²) in [5.74, 6) is -0.682. The van der Waals surface area contributed by atoms with Crippen LogP contribution in [0.3, 0.4) is 0 Å². The van der Waals surface area contributed by atoms with Crippen LogP contribution in [0.4, 0.5) is 4.79 Å². The van der Waals surface area contributed by atoms with Crippen molar-refractivity contribution >= 4 is 46.4 Å². The third-order valence-electron chi connectivity index (χ3n) is 3.84. The number of hydrogen-bond donors (Lipinski definition) is 1. The summed E-state index contributed by atoms with van der Waals surface area (Å²) < 4.78 is 5.03. The first-order valence-electron chi connectivity index (χ1n) is 7.80. The fourth-order valence-corrected chi connectivity index (χ4v) is 3.41. The van der Waals surface area contributed by atoms with E-state index in [0.29, 0.717) is 16.1 Å². The molecule has 0 atom stereocenters. The van der Waals surface area contributed by atoms with E-state index in [2.05, 4.69) is 0 Å². The summed E-state index contributed by atoms with van der Waals surface area (Å²) in [7, 11) is 1.41. The lowest BCUT2D eigenvalue weighted by Gasteiger charge is -2.11. The second kappa shape index (κ2) is 7.85. The smallest absolute Gasteiger partial charge is 0.293 e. The van der Waals surface area contributed by atoms with Crippen molar-refractivity contribution in [3.63, 3.8) is 0 Å². The molecule has 2 aromatic rings. The molecule has 0 unspecified atom stereocenters. The Morgan fingerprint density at radius 2 is 1.93 bits per heavy atom. The summed E-state index contributed by atoms with van der Waals surface area (Å²) >= 11 is 6.55. The summed E-state index contributed by atoms with van der Waals surface area (Å²) in [4.78, 5) is 38.1. The Bertz CT molecular complexity index is 955. The summed E-state index contributed by atoms with van der Waals surface area (Å²) in [6.45, 7) is -0.345. The van der Waals surface area contributed by atoms with E-state index in [9.17, 15) is 19.5 Å². The van der Waals surface area contributed by atoms with Crippen LogP contribution >= 0.6 is 23.4 Å². The van der Waals surface area contributed by atoms with Crippen LogP contribution in [-0.2, 0) is 4.79 Å². The number of halogens is 1. The lowest BCUT2D eigenvalue weighted by atomic mass is 10.1. The van der Waals surface area contributed by atoms with Gasteiger partial charge in [-0.2, -0.15) is 0 Å². The molecule has 2 aromatic carbocycles. The van der Waals surface area contributed by atoms with Gasteiger partial charge in [0, 0.05) is 10.6 Å². The van der Waals surface area contributed by atoms with E-state index >= 15 is 0 Å². The van der Waals surface area contributed by atoms with Crippen molar-refractivity contribution in [3.05, 3.63) is 63.5 Å². The van der Waals surface area contributed by atoms with E-state index in [1.165, 1.54) is 19.3 Å². The fourth-order valence-electron chi connectivity index (χ4n) is 2.44. The van der Waals surface area contributed by atoms with Gasteiger partial charge in [-0.05, 0) is 59.8 Å². The number of aromatic hydroxyl groups is 1. The van der Waals surface area contributed by atoms with Gasteiger partial charge in [0.1, 0.15) is 0 Å². The minimum Gasteiger partial charge on any atom is -0.504 e. The minimum atomic E-state index is -0.542. The average molecular weight is 404 g/mol. The third-order valence-corrected chi connectivity index (χ3v) is 5.00. The molecule has 0 spiro atoms. The molecule has 1 saturated heterocycles. The number of benzene rings is 2. The highest BCUT2D eigenvalue weighted by Gasteiger charge is 2.36. The first kappa shape index (κ1) is 19.0. The quantitative estimate of drug-likeness (QED) is 0.600. The summed E-state index contributed by atoms with van der Waals surface area (Å²) in [6, 6.07) is 10.8. The Labute approximate surface area is 164 Å². The second-order valence-corrected chi connectivity index (χ2v) is 7.06. The van der Waals surface area contributed by atoms with Gasteiger partial charge in [0.25, 0.3) is 11.1 Å². The van der Waals surface area contributed by atoms with E-state index < -0.39 is 11.1 Å².